The van der Waals surface area contributed by atoms with E-state index in [4.69, 9.17) is 19.3 Å². The van der Waals surface area contributed by atoms with E-state index in [-0.39, 0.29) is 25.4 Å². The number of carbonyl (C=O) groups excluding carboxylic acids is 2. The molecule has 9 heteroatoms. The summed E-state index contributed by atoms with van der Waals surface area (Å²) in [6.45, 7) is 5.04. The highest BCUT2D eigenvalue weighted by molar-refractivity contribution is 5.86. The van der Waals surface area contributed by atoms with Crippen molar-refractivity contribution in [1.82, 2.24) is 5.32 Å². The predicted octanol–water partition coefficient (Wildman–Crippen LogP) is 4.06. The van der Waals surface area contributed by atoms with Gasteiger partial charge in [-0.25, -0.2) is 9.59 Å². The third-order valence-electron chi connectivity index (χ3n) is 4.36. The van der Waals surface area contributed by atoms with Gasteiger partial charge in [-0.15, -0.1) is 0 Å². The third-order valence-corrected chi connectivity index (χ3v) is 4.36. The third kappa shape index (κ3) is 10.4. The molecule has 9 nitrogen and oxygen atoms in total. The summed E-state index contributed by atoms with van der Waals surface area (Å²) in [5, 5.41) is 20.7. The number of amides is 1. The molecule has 0 unspecified atom stereocenters. The molecule has 0 radical (unpaired) electrons. The van der Waals surface area contributed by atoms with Crippen LogP contribution in [-0.4, -0.2) is 41.4 Å². The first kappa shape index (κ1) is 26.9. The standard InChI is InChI=1S/C26H28N2O7/c1-26(2,3)35-25(32)28-21(14-24(31)34-16-18-7-5-4-6-8-18)17-33-22-13-19(15-27)9-10-20(22)11-12-23(29)30/h4-13,21H,14,16-17H2,1-3H3,(H,28,32)(H,29,30)/b12-11+/t21-/m1/s1. The summed E-state index contributed by atoms with van der Waals surface area (Å²) < 4.78 is 16.4. The Morgan fingerprint density at radius 2 is 1.86 bits per heavy atom. The minimum absolute atomic E-state index is 0.0774. The first-order chi connectivity index (χ1) is 16.6. The number of nitrogens with one attached hydrogen (secondary N) is 1. The summed E-state index contributed by atoms with van der Waals surface area (Å²) >= 11 is 0. The van der Waals surface area contributed by atoms with E-state index in [0.717, 1.165) is 11.6 Å². The second kappa shape index (κ2) is 12.8. The molecule has 2 aromatic carbocycles. The lowest BCUT2D eigenvalue weighted by Gasteiger charge is -2.23. The van der Waals surface area contributed by atoms with Gasteiger partial charge in [0.15, 0.2) is 0 Å². The van der Waals surface area contributed by atoms with E-state index in [1.54, 1.807) is 20.8 Å². The number of carboxylic acid groups (broad SMARTS) is 1. The summed E-state index contributed by atoms with van der Waals surface area (Å²) in [5.41, 5.74) is 0.775. The van der Waals surface area contributed by atoms with E-state index in [2.05, 4.69) is 5.32 Å². The van der Waals surface area contributed by atoms with Crippen LogP contribution in [0.5, 0.6) is 5.75 Å². The van der Waals surface area contributed by atoms with Gasteiger partial charge in [0, 0.05) is 11.6 Å². The van der Waals surface area contributed by atoms with Crippen molar-refractivity contribution >= 4 is 24.1 Å². The van der Waals surface area contributed by atoms with Gasteiger partial charge in [-0.2, -0.15) is 5.26 Å². The van der Waals surface area contributed by atoms with E-state index in [9.17, 15) is 19.6 Å². The van der Waals surface area contributed by atoms with Gasteiger partial charge in [0.05, 0.1) is 24.1 Å². The Balaban J connectivity index is 2.14. The maximum atomic E-state index is 12.5. The smallest absolute Gasteiger partial charge is 0.408 e. The summed E-state index contributed by atoms with van der Waals surface area (Å²) in [5.74, 6) is -1.49. The number of nitriles is 1. The SMILES string of the molecule is CC(C)(C)OC(=O)N[C@@H](COc1cc(C#N)ccc1/C=C/C(=O)O)CC(=O)OCc1ccccc1. The molecule has 0 spiro atoms. The Bertz CT molecular complexity index is 1100. The van der Waals surface area contributed by atoms with Crippen molar-refractivity contribution in [2.45, 2.75) is 45.4 Å². The second-order valence-electron chi connectivity index (χ2n) is 8.54. The normalized spacial score (nSPS) is 11.8. The van der Waals surface area contributed by atoms with Crippen molar-refractivity contribution in [2.75, 3.05) is 6.61 Å². The molecule has 2 N–H and O–H groups in total. The Labute approximate surface area is 203 Å². The monoisotopic (exact) mass is 480 g/mol. The van der Waals surface area contributed by atoms with Crippen molar-refractivity contribution in [3.05, 3.63) is 71.3 Å². The molecule has 0 saturated carbocycles. The second-order valence-corrected chi connectivity index (χ2v) is 8.54. The zero-order valence-electron chi connectivity index (χ0n) is 19.8. The van der Waals surface area contributed by atoms with Crippen LogP contribution >= 0.6 is 0 Å². The van der Waals surface area contributed by atoms with Gasteiger partial charge < -0.3 is 24.6 Å². The van der Waals surface area contributed by atoms with Crippen molar-refractivity contribution < 1.29 is 33.7 Å². The lowest BCUT2D eigenvalue weighted by atomic mass is 10.1. The van der Waals surface area contributed by atoms with Crippen LogP contribution in [0.2, 0.25) is 0 Å². The average Bonchev–Trinajstić information content (AvgIpc) is 2.79. The number of aliphatic carboxylic acids is 1. The van der Waals surface area contributed by atoms with E-state index in [1.165, 1.54) is 24.3 Å². The Morgan fingerprint density at radius 3 is 2.49 bits per heavy atom. The number of esters is 1. The van der Waals surface area contributed by atoms with Crippen LogP contribution in [-0.2, 0) is 25.7 Å². The minimum Gasteiger partial charge on any atom is -0.491 e. The summed E-state index contributed by atoms with van der Waals surface area (Å²) in [4.78, 5) is 35.7. The molecular formula is C26H28N2O7. The van der Waals surface area contributed by atoms with Crippen LogP contribution in [0.3, 0.4) is 0 Å². The highest BCUT2D eigenvalue weighted by atomic mass is 16.6. The van der Waals surface area contributed by atoms with E-state index < -0.39 is 29.7 Å². The van der Waals surface area contributed by atoms with Crippen LogP contribution in [0.25, 0.3) is 6.08 Å². The number of carbonyl (C=O) groups is 3. The van der Waals surface area contributed by atoms with Gasteiger partial charge in [-0.3, -0.25) is 4.79 Å². The van der Waals surface area contributed by atoms with Crippen molar-refractivity contribution in [3.63, 3.8) is 0 Å². The molecule has 0 aliphatic carbocycles. The minimum atomic E-state index is -1.15. The molecule has 0 saturated heterocycles. The predicted molar refractivity (Wildman–Crippen MR) is 127 cm³/mol. The Morgan fingerprint density at radius 1 is 1.14 bits per heavy atom. The number of rotatable bonds is 10. The number of nitrogens with zero attached hydrogens (tertiary/aromatic N) is 1. The molecule has 0 aliphatic rings. The van der Waals surface area contributed by atoms with Gasteiger partial charge in [0.25, 0.3) is 0 Å². The molecule has 184 valence electrons. The van der Waals surface area contributed by atoms with Gasteiger partial charge in [-0.1, -0.05) is 30.3 Å². The zero-order valence-corrected chi connectivity index (χ0v) is 19.8. The maximum absolute atomic E-state index is 12.5. The fourth-order valence-electron chi connectivity index (χ4n) is 2.84. The highest BCUT2D eigenvalue weighted by Gasteiger charge is 2.23. The average molecular weight is 481 g/mol. The molecule has 2 rings (SSSR count). The number of benzene rings is 2. The topological polar surface area (TPSA) is 135 Å². The summed E-state index contributed by atoms with van der Waals surface area (Å²) in [6.07, 6.45) is 1.32. The number of carboxylic acids is 1. The molecule has 35 heavy (non-hydrogen) atoms. The summed E-state index contributed by atoms with van der Waals surface area (Å²) in [6, 6.07) is 14.8. The molecule has 0 fully saturated rings. The quantitative estimate of drug-likeness (QED) is 0.384. The van der Waals surface area contributed by atoms with Gasteiger partial charge in [0.2, 0.25) is 0 Å². The van der Waals surface area contributed by atoms with Gasteiger partial charge in [-0.05, 0) is 50.6 Å². The number of hydrogen-bond donors (Lipinski definition) is 2. The fraction of sp³-hybridized carbons (Fsp3) is 0.308. The first-order valence-corrected chi connectivity index (χ1v) is 10.8. The fourth-order valence-corrected chi connectivity index (χ4v) is 2.84. The van der Waals surface area contributed by atoms with E-state index in [0.29, 0.717) is 11.1 Å². The van der Waals surface area contributed by atoms with Crippen molar-refractivity contribution in [1.29, 1.82) is 5.26 Å². The van der Waals surface area contributed by atoms with E-state index >= 15 is 0 Å². The van der Waals surface area contributed by atoms with Crippen LogP contribution in [0.1, 0.15) is 43.9 Å². The lowest BCUT2D eigenvalue weighted by Crippen LogP contribution is -2.43. The number of hydrogen-bond acceptors (Lipinski definition) is 7. The molecule has 0 heterocycles. The van der Waals surface area contributed by atoms with Gasteiger partial charge in [0.1, 0.15) is 24.6 Å². The largest absolute Gasteiger partial charge is 0.491 e. The Hall–Kier alpha value is -4.32. The zero-order chi connectivity index (χ0) is 25.8. The number of alkyl carbamates (subject to hydrolysis) is 1. The lowest BCUT2D eigenvalue weighted by molar-refractivity contribution is -0.145. The molecular weight excluding hydrogens is 452 g/mol. The Kier molecular flexibility index (Phi) is 9.84. The van der Waals surface area contributed by atoms with Crippen LogP contribution in [0.4, 0.5) is 4.79 Å². The van der Waals surface area contributed by atoms with Gasteiger partial charge >= 0.3 is 18.0 Å². The summed E-state index contributed by atoms with van der Waals surface area (Å²) in [7, 11) is 0. The number of ether oxygens (including phenoxy) is 3. The highest BCUT2D eigenvalue weighted by Crippen LogP contribution is 2.22. The molecule has 0 aliphatic heterocycles. The molecule has 0 bridgehead atoms. The van der Waals surface area contributed by atoms with E-state index in [1.807, 2.05) is 36.4 Å². The molecule has 1 atom stereocenters. The van der Waals surface area contributed by atoms with Crippen molar-refractivity contribution in [2.24, 2.45) is 0 Å². The molecule has 0 aromatic heterocycles. The molecule has 2 aromatic rings. The van der Waals surface area contributed by atoms with Crippen LogP contribution in [0.15, 0.2) is 54.6 Å². The first-order valence-electron chi connectivity index (χ1n) is 10.8. The molecule has 1 amide bonds. The van der Waals surface area contributed by atoms with Crippen molar-refractivity contribution in [3.8, 4) is 11.8 Å². The van der Waals surface area contributed by atoms with Crippen LogP contribution < -0.4 is 10.1 Å². The maximum Gasteiger partial charge on any atom is 0.408 e. The van der Waals surface area contributed by atoms with Crippen LogP contribution in [0, 0.1) is 11.3 Å².